The number of halogens is 1. The minimum absolute atomic E-state index is 0.0686. The highest BCUT2D eigenvalue weighted by Gasteiger charge is 2.28. The van der Waals surface area contributed by atoms with Crippen LogP contribution < -0.4 is 14.5 Å². The summed E-state index contributed by atoms with van der Waals surface area (Å²) < 4.78 is 46.9. The number of nitrogens with zero attached hydrogens (tertiary/aromatic N) is 2. The minimum atomic E-state index is -4.21. The van der Waals surface area contributed by atoms with Crippen molar-refractivity contribution >= 4 is 27.8 Å². The Kier molecular flexibility index (Phi) is 7.93. The van der Waals surface area contributed by atoms with Gasteiger partial charge in [-0.1, -0.05) is 55.1 Å². The van der Waals surface area contributed by atoms with E-state index in [1.54, 1.807) is 48.5 Å². The van der Waals surface area contributed by atoms with Gasteiger partial charge in [0.1, 0.15) is 24.7 Å². The summed E-state index contributed by atoms with van der Waals surface area (Å²) in [5, 5.41) is 3.87. The lowest BCUT2D eigenvalue weighted by molar-refractivity contribution is -0.119. The van der Waals surface area contributed by atoms with E-state index in [9.17, 15) is 17.6 Å². The Hall–Kier alpha value is -3.98. The van der Waals surface area contributed by atoms with E-state index < -0.39 is 28.3 Å². The molecule has 7 nitrogen and oxygen atoms in total. The molecule has 1 N–H and O–H groups in total. The third-order valence-electron chi connectivity index (χ3n) is 4.37. The molecule has 0 heterocycles. The van der Waals surface area contributed by atoms with E-state index in [1.165, 1.54) is 36.5 Å². The highest BCUT2D eigenvalue weighted by atomic mass is 32.2. The Bertz CT molecular complexity index is 1250. The zero-order chi connectivity index (χ0) is 23.7. The molecule has 0 aliphatic heterocycles. The molecule has 170 valence electrons. The van der Waals surface area contributed by atoms with Crippen LogP contribution in [0, 0.1) is 5.82 Å². The van der Waals surface area contributed by atoms with Gasteiger partial charge in [-0.2, -0.15) is 5.10 Å². The quantitative estimate of drug-likeness (QED) is 0.280. The predicted octanol–water partition coefficient (Wildman–Crippen LogP) is 3.74. The maximum Gasteiger partial charge on any atom is 0.264 e. The van der Waals surface area contributed by atoms with Crippen molar-refractivity contribution in [3.63, 3.8) is 0 Å². The number of hydrazone groups is 1. The van der Waals surface area contributed by atoms with Crippen molar-refractivity contribution in [2.24, 2.45) is 5.10 Å². The summed E-state index contributed by atoms with van der Waals surface area (Å²) >= 11 is 0. The zero-order valence-corrected chi connectivity index (χ0v) is 18.4. The summed E-state index contributed by atoms with van der Waals surface area (Å²) in [5.74, 6) is -0.914. The Morgan fingerprint density at radius 1 is 1.06 bits per heavy atom. The monoisotopic (exact) mass is 467 g/mol. The molecule has 3 aromatic carbocycles. The lowest BCUT2D eigenvalue weighted by Crippen LogP contribution is -2.40. The SMILES string of the molecule is C=CCOc1cccc(/C=N\NC(=O)CN(c2ccccc2F)S(=O)(=O)c2ccccc2)c1. The summed E-state index contributed by atoms with van der Waals surface area (Å²) in [6, 6.07) is 19.8. The Morgan fingerprint density at radius 2 is 1.79 bits per heavy atom. The van der Waals surface area contributed by atoms with E-state index >= 15 is 0 Å². The Balaban J connectivity index is 1.78. The molecule has 0 fully saturated rings. The van der Waals surface area contributed by atoms with E-state index in [-0.39, 0.29) is 10.6 Å². The van der Waals surface area contributed by atoms with Gasteiger partial charge >= 0.3 is 0 Å². The van der Waals surface area contributed by atoms with Crippen LogP contribution in [-0.4, -0.2) is 33.7 Å². The number of carbonyl (C=O) groups is 1. The zero-order valence-electron chi connectivity index (χ0n) is 17.6. The molecule has 3 aromatic rings. The fourth-order valence-electron chi connectivity index (χ4n) is 2.86. The van der Waals surface area contributed by atoms with Crippen molar-refractivity contribution < 1.29 is 22.3 Å². The van der Waals surface area contributed by atoms with Crippen molar-refractivity contribution in [3.05, 3.63) is 103 Å². The minimum Gasteiger partial charge on any atom is -0.490 e. The average Bonchev–Trinajstić information content (AvgIpc) is 2.82. The maximum atomic E-state index is 14.5. The van der Waals surface area contributed by atoms with Crippen LogP contribution in [0.3, 0.4) is 0 Å². The number of benzene rings is 3. The first kappa shape index (κ1) is 23.7. The lowest BCUT2D eigenvalue weighted by Gasteiger charge is -2.24. The molecule has 0 unspecified atom stereocenters. The molecule has 0 aliphatic rings. The van der Waals surface area contributed by atoms with Crippen LogP contribution in [0.2, 0.25) is 0 Å². The number of nitrogens with one attached hydrogen (secondary N) is 1. The van der Waals surface area contributed by atoms with E-state index in [2.05, 4.69) is 17.1 Å². The topological polar surface area (TPSA) is 88.1 Å². The molecular formula is C24H22FN3O4S. The molecule has 0 radical (unpaired) electrons. The molecule has 0 aliphatic carbocycles. The van der Waals surface area contributed by atoms with Gasteiger partial charge in [-0.25, -0.2) is 18.2 Å². The second kappa shape index (κ2) is 11.1. The first-order valence-corrected chi connectivity index (χ1v) is 11.3. The Labute approximate surface area is 191 Å². The van der Waals surface area contributed by atoms with Gasteiger partial charge in [-0.05, 0) is 42.0 Å². The number of carbonyl (C=O) groups excluding carboxylic acids is 1. The molecule has 0 saturated carbocycles. The van der Waals surface area contributed by atoms with Crippen LogP contribution in [0.25, 0.3) is 0 Å². The third kappa shape index (κ3) is 6.27. The van der Waals surface area contributed by atoms with Gasteiger partial charge in [0.15, 0.2) is 0 Å². The first-order chi connectivity index (χ1) is 15.9. The van der Waals surface area contributed by atoms with E-state index in [0.29, 0.717) is 22.2 Å². The summed E-state index contributed by atoms with van der Waals surface area (Å²) in [5.41, 5.74) is 2.69. The van der Waals surface area contributed by atoms with Crippen molar-refractivity contribution in [2.75, 3.05) is 17.5 Å². The molecule has 1 amide bonds. The molecule has 0 bridgehead atoms. The van der Waals surface area contributed by atoms with Crippen molar-refractivity contribution in [3.8, 4) is 5.75 Å². The van der Waals surface area contributed by atoms with E-state index in [0.717, 1.165) is 6.07 Å². The van der Waals surface area contributed by atoms with Crippen LogP contribution in [0.15, 0.2) is 102 Å². The van der Waals surface area contributed by atoms with Crippen molar-refractivity contribution in [1.82, 2.24) is 5.43 Å². The average molecular weight is 468 g/mol. The molecule has 0 aromatic heterocycles. The molecular weight excluding hydrogens is 445 g/mol. The second-order valence-corrected chi connectivity index (χ2v) is 8.60. The number of sulfonamides is 1. The standard InChI is InChI=1S/C24H22FN3O4S/c1-2-15-32-20-10-8-9-19(16-20)17-26-27-24(29)18-28(23-14-7-6-13-22(23)25)33(30,31)21-11-4-3-5-12-21/h2-14,16-17H,1,15,18H2,(H,27,29)/b26-17-. The predicted molar refractivity (Wildman–Crippen MR) is 125 cm³/mol. The molecule has 0 saturated heterocycles. The maximum absolute atomic E-state index is 14.5. The van der Waals surface area contributed by atoms with Crippen molar-refractivity contribution in [1.29, 1.82) is 0 Å². The number of hydrogen-bond acceptors (Lipinski definition) is 5. The molecule has 3 rings (SSSR count). The van der Waals surface area contributed by atoms with Crippen LogP contribution in [0.5, 0.6) is 5.75 Å². The lowest BCUT2D eigenvalue weighted by atomic mass is 10.2. The summed E-state index contributed by atoms with van der Waals surface area (Å²) in [6.07, 6.45) is 3.00. The van der Waals surface area contributed by atoms with Gasteiger partial charge in [0.05, 0.1) is 16.8 Å². The molecule has 0 spiro atoms. The van der Waals surface area contributed by atoms with Gasteiger partial charge in [0, 0.05) is 0 Å². The summed E-state index contributed by atoms with van der Waals surface area (Å²) in [6.45, 7) is 3.26. The van der Waals surface area contributed by atoms with Gasteiger partial charge in [0.2, 0.25) is 0 Å². The normalized spacial score (nSPS) is 11.2. The highest BCUT2D eigenvalue weighted by Crippen LogP contribution is 2.25. The highest BCUT2D eigenvalue weighted by molar-refractivity contribution is 7.92. The molecule has 0 atom stereocenters. The number of anilines is 1. The first-order valence-electron chi connectivity index (χ1n) is 9.90. The number of ether oxygens (including phenoxy) is 1. The fourth-order valence-corrected chi connectivity index (χ4v) is 4.31. The number of para-hydroxylation sites is 1. The third-order valence-corrected chi connectivity index (χ3v) is 6.14. The van der Waals surface area contributed by atoms with Gasteiger partial charge in [-0.15, -0.1) is 0 Å². The molecule has 33 heavy (non-hydrogen) atoms. The number of rotatable bonds is 10. The van der Waals surface area contributed by atoms with Crippen LogP contribution in [-0.2, 0) is 14.8 Å². The van der Waals surface area contributed by atoms with E-state index in [4.69, 9.17) is 4.74 Å². The van der Waals surface area contributed by atoms with Gasteiger partial charge in [-0.3, -0.25) is 9.10 Å². The Morgan fingerprint density at radius 3 is 2.52 bits per heavy atom. The molecule has 9 heteroatoms. The largest absolute Gasteiger partial charge is 0.490 e. The van der Waals surface area contributed by atoms with Gasteiger partial charge < -0.3 is 4.74 Å². The smallest absolute Gasteiger partial charge is 0.264 e. The number of hydrogen-bond donors (Lipinski definition) is 1. The summed E-state index contributed by atoms with van der Waals surface area (Å²) in [7, 11) is -4.21. The number of amides is 1. The fraction of sp³-hybridized carbons (Fsp3) is 0.0833. The van der Waals surface area contributed by atoms with Crippen LogP contribution in [0.4, 0.5) is 10.1 Å². The van der Waals surface area contributed by atoms with Crippen LogP contribution >= 0.6 is 0 Å². The van der Waals surface area contributed by atoms with E-state index in [1.807, 2.05) is 0 Å². The second-order valence-electron chi connectivity index (χ2n) is 6.74. The van der Waals surface area contributed by atoms with Crippen molar-refractivity contribution in [2.45, 2.75) is 4.90 Å². The van der Waals surface area contributed by atoms with Gasteiger partial charge in [0.25, 0.3) is 15.9 Å². The van der Waals surface area contributed by atoms with Crippen LogP contribution in [0.1, 0.15) is 5.56 Å². The summed E-state index contributed by atoms with van der Waals surface area (Å²) in [4.78, 5) is 12.5.